The molecule has 92 valence electrons. The van der Waals surface area contributed by atoms with Crippen LogP contribution in [0.25, 0.3) is 0 Å². The first kappa shape index (κ1) is 11.7. The molecule has 3 rings (SSSR count). The molecule has 0 heterocycles. The summed E-state index contributed by atoms with van der Waals surface area (Å²) in [7, 11) is 0. The minimum absolute atomic E-state index is 0.314. The summed E-state index contributed by atoms with van der Waals surface area (Å²) in [6, 6.07) is 13.1. The highest BCUT2D eigenvalue weighted by Gasteiger charge is 2.26. The highest BCUT2D eigenvalue weighted by molar-refractivity contribution is 9.10. The first-order valence-electron chi connectivity index (χ1n) is 5.89. The van der Waals surface area contributed by atoms with Gasteiger partial charge in [-0.3, -0.25) is 0 Å². The van der Waals surface area contributed by atoms with E-state index in [1.54, 1.807) is 12.1 Å². The van der Waals surface area contributed by atoms with Gasteiger partial charge in [0.1, 0.15) is 0 Å². The van der Waals surface area contributed by atoms with E-state index >= 15 is 0 Å². The summed E-state index contributed by atoms with van der Waals surface area (Å²) >= 11 is 3.31. The molecular weight excluding hydrogens is 295 g/mol. The van der Waals surface area contributed by atoms with Crippen molar-refractivity contribution in [2.75, 3.05) is 6.61 Å². The smallest absolute Gasteiger partial charge is 0.165 e. The van der Waals surface area contributed by atoms with Crippen molar-refractivity contribution < 1.29 is 9.13 Å². The largest absolute Gasteiger partial charge is 0.490 e. The van der Waals surface area contributed by atoms with Gasteiger partial charge < -0.3 is 4.74 Å². The molecule has 2 aromatic rings. The molecule has 1 atom stereocenters. The lowest BCUT2D eigenvalue weighted by atomic mass is 9.78. The summed E-state index contributed by atoms with van der Waals surface area (Å²) in [5, 5.41) is 0. The zero-order valence-corrected chi connectivity index (χ0v) is 11.3. The molecule has 0 radical (unpaired) electrons. The van der Waals surface area contributed by atoms with E-state index in [9.17, 15) is 4.39 Å². The Balaban J connectivity index is 1.68. The molecule has 0 aromatic heterocycles. The zero-order valence-electron chi connectivity index (χ0n) is 9.70. The SMILES string of the molecule is Fc1ccc(Br)cc1OCC1Cc2ccccc21. The lowest BCUT2D eigenvalue weighted by Crippen LogP contribution is -2.23. The second-order valence-corrected chi connectivity index (χ2v) is 5.40. The van der Waals surface area contributed by atoms with Crippen molar-refractivity contribution in [1.82, 2.24) is 0 Å². The van der Waals surface area contributed by atoms with Crippen molar-refractivity contribution in [2.45, 2.75) is 12.3 Å². The Morgan fingerprint density at radius 2 is 2.06 bits per heavy atom. The minimum Gasteiger partial charge on any atom is -0.490 e. The Morgan fingerprint density at radius 1 is 1.22 bits per heavy atom. The Kier molecular flexibility index (Phi) is 3.08. The number of hydrogen-bond donors (Lipinski definition) is 0. The van der Waals surface area contributed by atoms with Crippen LogP contribution >= 0.6 is 15.9 Å². The molecule has 1 aliphatic rings. The molecule has 1 aliphatic carbocycles. The highest BCUT2D eigenvalue weighted by Crippen LogP contribution is 2.35. The van der Waals surface area contributed by atoms with Gasteiger partial charge in [0.15, 0.2) is 11.6 Å². The van der Waals surface area contributed by atoms with E-state index < -0.39 is 0 Å². The number of benzene rings is 2. The van der Waals surface area contributed by atoms with Gasteiger partial charge in [-0.15, -0.1) is 0 Å². The predicted octanol–water partition coefficient (Wildman–Crippen LogP) is 4.31. The van der Waals surface area contributed by atoms with Crippen molar-refractivity contribution in [1.29, 1.82) is 0 Å². The number of ether oxygens (including phenoxy) is 1. The lowest BCUT2D eigenvalue weighted by molar-refractivity contribution is 0.263. The van der Waals surface area contributed by atoms with Crippen LogP contribution in [0.1, 0.15) is 17.0 Å². The first-order valence-corrected chi connectivity index (χ1v) is 6.69. The van der Waals surface area contributed by atoms with Crippen molar-refractivity contribution in [3.05, 3.63) is 63.9 Å². The van der Waals surface area contributed by atoms with Gasteiger partial charge in [-0.1, -0.05) is 40.2 Å². The van der Waals surface area contributed by atoms with Gasteiger partial charge in [0.25, 0.3) is 0 Å². The average Bonchev–Trinajstić information content (AvgIpc) is 2.34. The molecular formula is C15H12BrFO. The fraction of sp³-hybridized carbons (Fsp3) is 0.200. The van der Waals surface area contributed by atoms with Crippen LogP contribution in [0.3, 0.4) is 0 Å². The van der Waals surface area contributed by atoms with Crippen molar-refractivity contribution in [3.8, 4) is 5.75 Å². The molecule has 1 unspecified atom stereocenters. The van der Waals surface area contributed by atoms with Crippen LogP contribution in [0.4, 0.5) is 4.39 Å². The van der Waals surface area contributed by atoms with Crippen LogP contribution in [-0.2, 0) is 6.42 Å². The Morgan fingerprint density at radius 3 is 2.89 bits per heavy atom. The lowest BCUT2D eigenvalue weighted by Gasteiger charge is -2.29. The topological polar surface area (TPSA) is 9.23 Å². The van der Waals surface area contributed by atoms with E-state index in [-0.39, 0.29) is 5.82 Å². The van der Waals surface area contributed by atoms with E-state index in [4.69, 9.17) is 4.74 Å². The minimum atomic E-state index is -0.314. The van der Waals surface area contributed by atoms with Crippen molar-refractivity contribution >= 4 is 15.9 Å². The van der Waals surface area contributed by atoms with Gasteiger partial charge >= 0.3 is 0 Å². The van der Waals surface area contributed by atoms with Crippen LogP contribution in [-0.4, -0.2) is 6.61 Å². The molecule has 18 heavy (non-hydrogen) atoms. The van der Waals surface area contributed by atoms with Crippen LogP contribution in [0.5, 0.6) is 5.75 Å². The molecule has 0 saturated carbocycles. The van der Waals surface area contributed by atoms with Crippen LogP contribution in [0, 0.1) is 5.82 Å². The second-order valence-electron chi connectivity index (χ2n) is 4.49. The second kappa shape index (κ2) is 4.73. The van der Waals surface area contributed by atoms with Crippen LogP contribution < -0.4 is 4.74 Å². The van der Waals surface area contributed by atoms with Gasteiger partial charge in [-0.05, 0) is 35.7 Å². The molecule has 0 fully saturated rings. The molecule has 0 N–H and O–H groups in total. The molecule has 2 aromatic carbocycles. The van der Waals surface area contributed by atoms with E-state index in [0.717, 1.165) is 10.9 Å². The normalized spacial score (nSPS) is 16.9. The average molecular weight is 307 g/mol. The fourth-order valence-electron chi connectivity index (χ4n) is 2.29. The number of hydrogen-bond acceptors (Lipinski definition) is 1. The fourth-order valence-corrected chi connectivity index (χ4v) is 2.63. The summed E-state index contributed by atoms with van der Waals surface area (Å²) in [5.41, 5.74) is 2.70. The summed E-state index contributed by atoms with van der Waals surface area (Å²) in [6.45, 7) is 0.532. The van der Waals surface area contributed by atoms with Crippen molar-refractivity contribution in [3.63, 3.8) is 0 Å². The van der Waals surface area contributed by atoms with E-state index in [1.807, 2.05) is 12.1 Å². The molecule has 0 amide bonds. The summed E-state index contributed by atoms with van der Waals surface area (Å²) in [4.78, 5) is 0. The molecule has 0 bridgehead atoms. The standard InChI is InChI=1S/C15H12BrFO/c16-12-5-6-14(17)15(8-12)18-9-11-7-10-3-1-2-4-13(10)11/h1-6,8,11H,7,9H2. The maximum Gasteiger partial charge on any atom is 0.165 e. The maximum absolute atomic E-state index is 13.5. The molecule has 0 spiro atoms. The third-order valence-electron chi connectivity index (χ3n) is 3.29. The van der Waals surface area contributed by atoms with Gasteiger partial charge in [0, 0.05) is 10.4 Å². The van der Waals surface area contributed by atoms with Crippen LogP contribution in [0.2, 0.25) is 0 Å². The van der Waals surface area contributed by atoms with E-state index in [1.165, 1.54) is 17.2 Å². The predicted molar refractivity (Wildman–Crippen MR) is 72.5 cm³/mol. The number of fused-ring (bicyclic) bond motifs is 1. The first-order chi connectivity index (χ1) is 8.74. The van der Waals surface area contributed by atoms with Crippen molar-refractivity contribution in [2.24, 2.45) is 0 Å². The Hall–Kier alpha value is -1.35. The Bertz CT molecular complexity index is 582. The van der Waals surface area contributed by atoms with Gasteiger partial charge in [-0.25, -0.2) is 4.39 Å². The summed E-state index contributed by atoms with van der Waals surface area (Å²) in [6.07, 6.45) is 1.02. The number of halogens is 2. The van der Waals surface area contributed by atoms with Gasteiger partial charge in [0.05, 0.1) is 6.61 Å². The monoisotopic (exact) mass is 306 g/mol. The maximum atomic E-state index is 13.5. The molecule has 3 heteroatoms. The number of rotatable bonds is 3. The highest BCUT2D eigenvalue weighted by atomic mass is 79.9. The molecule has 1 nitrogen and oxygen atoms in total. The van der Waals surface area contributed by atoms with E-state index in [2.05, 4.69) is 28.1 Å². The van der Waals surface area contributed by atoms with E-state index in [0.29, 0.717) is 18.3 Å². The molecule has 0 saturated heterocycles. The third-order valence-corrected chi connectivity index (χ3v) is 3.79. The Labute approximate surface area is 114 Å². The van der Waals surface area contributed by atoms with Crippen LogP contribution in [0.15, 0.2) is 46.9 Å². The molecule has 0 aliphatic heterocycles. The zero-order chi connectivity index (χ0) is 12.5. The quantitative estimate of drug-likeness (QED) is 0.821. The van der Waals surface area contributed by atoms with Gasteiger partial charge in [0.2, 0.25) is 0 Å². The summed E-state index contributed by atoms with van der Waals surface area (Å²) < 4.78 is 19.9. The summed E-state index contributed by atoms with van der Waals surface area (Å²) in [5.74, 6) is 0.388. The third kappa shape index (κ3) is 2.15. The van der Waals surface area contributed by atoms with Gasteiger partial charge in [-0.2, -0.15) is 0 Å².